The van der Waals surface area contributed by atoms with Gasteiger partial charge in [0.2, 0.25) is 10.5 Å². The van der Waals surface area contributed by atoms with Crippen molar-refractivity contribution < 1.29 is 58.4 Å². The molecule has 186 valence electrons. The van der Waals surface area contributed by atoms with Gasteiger partial charge in [-0.25, -0.2) is 9.59 Å². The molecule has 0 aromatic carbocycles. The fourth-order valence-corrected chi connectivity index (χ4v) is 0.878. The minimum absolute atomic E-state index is 0.116. The molecule has 1 aliphatic heterocycles. The molecule has 0 aromatic heterocycles. The quantitative estimate of drug-likeness (QED) is 0.0995. The van der Waals surface area contributed by atoms with Crippen LogP contribution in [0.1, 0.15) is 6.92 Å². The van der Waals surface area contributed by atoms with Crippen LogP contribution in [0.3, 0.4) is 0 Å². The molecule has 0 aliphatic carbocycles. The third kappa shape index (κ3) is 51.2. The fraction of sp³-hybridized carbons (Fsp3) is 0.529. The Morgan fingerprint density at radius 2 is 1.09 bits per heavy atom. The number of epoxide rings is 1. The van der Waals surface area contributed by atoms with Crippen molar-refractivity contribution >= 4 is 54.7 Å². The molecule has 0 aromatic rings. The van der Waals surface area contributed by atoms with Crippen molar-refractivity contribution in [2.24, 2.45) is 0 Å². The van der Waals surface area contributed by atoms with E-state index in [0.717, 1.165) is 30.9 Å². The lowest BCUT2D eigenvalue weighted by Crippen LogP contribution is -2.08. The van der Waals surface area contributed by atoms with Crippen molar-refractivity contribution in [3.05, 3.63) is 24.3 Å². The molecule has 0 radical (unpaired) electrons. The van der Waals surface area contributed by atoms with E-state index in [2.05, 4.69) is 16.4 Å². The number of rotatable bonds is 9. The molecule has 1 fully saturated rings. The smallest absolute Gasteiger partial charge is 0.331 e. The Kier molecular flexibility index (Phi) is 36.9. The van der Waals surface area contributed by atoms with E-state index in [-0.39, 0.29) is 39.6 Å². The Hall–Kier alpha value is -1.76. The SMILES string of the molecule is CC1CO1.O=C(/C=C/C(=O)OCCO)OCCO.O=C(Cl)/C=C/C(=O)Cl.O=P.OCCO. The van der Waals surface area contributed by atoms with Crippen LogP contribution in [-0.2, 0) is 38.0 Å². The minimum Gasteiger partial charge on any atom is -0.460 e. The molecule has 32 heavy (non-hydrogen) atoms. The molecule has 0 bridgehead atoms. The first kappa shape index (κ1) is 37.5. The second-order valence-corrected chi connectivity index (χ2v) is 5.39. The van der Waals surface area contributed by atoms with Gasteiger partial charge in [0, 0.05) is 24.3 Å². The van der Waals surface area contributed by atoms with Crippen LogP contribution in [0.15, 0.2) is 24.3 Å². The topological polar surface area (TPSA) is 197 Å². The first-order valence-corrected chi connectivity index (χ1v) is 9.64. The average Bonchev–Trinajstić information content (AvgIpc) is 3.57. The predicted octanol–water partition coefficient (Wildman–Crippen LogP) is -0.462. The summed E-state index contributed by atoms with van der Waals surface area (Å²) in [5.74, 6) is -1.47. The molecule has 1 aliphatic rings. The van der Waals surface area contributed by atoms with Gasteiger partial charge in [-0.3, -0.25) is 14.2 Å². The number of aliphatic hydroxyl groups is 4. The molecule has 0 saturated carbocycles. The van der Waals surface area contributed by atoms with Gasteiger partial charge in [-0.2, -0.15) is 0 Å². The number of hydrogen-bond donors (Lipinski definition) is 4. The van der Waals surface area contributed by atoms with Crippen molar-refractivity contribution in [3.8, 4) is 0 Å². The van der Waals surface area contributed by atoms with E-state index in [1.54, 1.807) is 9.12 Å². The maximum atomic E-state index is 10.7. The molecule has 1 heterocycles. The third-order valence-electron chi connectivity index (χ3n) is 1.97. The molecule has 15 heteroatoms. The second kappa shape index (κ2) is 31.4. The number of hydrogen-bond acceptors (Lipinski definition) is 12. The van der Waals surface area contributed by atoms with Crippen LogP contribution in [-0.4, -0.2) is 95.2 Å². The summed E-state index contributed by atoms with van der Waals surface area (Å²) in [4.78, 5) is 41.0. The maximum absolute atomic E-state index is 10.7. The fourth-order valence-electron chi connectivity index (χ4n) is 0.752. The summed E-state index contributed by atoms with van der Waals surface area (Å²) in [5, 5.41) is 30.4. The zero-order valence-electron chi connectivity index (χ0n) is 17.1. The molecule has 4 N–H and O–H groups in total. The Bertz CT molecular complexity index is 514. The normalized spacial score (nSPS) is 12.9. The largest absolute Gasteiger partial charge is 0.460 e. The zero-order chi connectivity index (χ0) is 25.8. The maximum Gasteiger partial charge on any atom is 0.331 e. The van der Waals surface area contributed by atoms with Crippen molar-refractivity contribution in [3.63, 3.8) is 0 Å². The summed E-state index contributed by atoms with van der Waals surface area (Å²) in [7, 11) is 1.72. The molecule has 1 saturated heterocycles. The lowest BCUT2D eigenvalue weighted by atomic mass is 10.5. The number of carbonyl (C=O) groups is 4. The molecular weight excluding hydrogens is 498 g/mol. The highest BCUT2D eigenvalue weighted by molar-refractivity contribution is 7.00. The Morgan fingerprint density at radius 1 is 0.812 bits per heavy atom. The second-order valence-electron chi connectivity index (χ2n) is 4.65. The van der Waals surface area contributed by atoms with E-state index in [4.69, 9.17) is 52.9 Å². The highest BCUT2D eigenvalue weighted by atomic mass is 35.5. The standard InChI is InChI=1S/C8H12O6.C4H2Cl2O2.C3H6O.C2H6O2.HOP/c9-3-5-13-7(11)1-2-8(12)14-6-4-10;5-3(7)1-2-4(6)8;1-3-2-4-3;3-1-2-4;1-2/h1-2,9-10H,3-6H2;1-2H;3H,2H2,1H3;3-4H,1-2H2;2H/b2*2-1+;;;. The Balaban J connectivity index is -0.000000182. The third-order valence-corrected chi connectivity index (χ3v) is 2.22. The Morgan fingerprint density at radius 3 is 1.25 bits per heavy atom. The summed E-state index contributed by atoms with van der Waals surface area (Å²) in [6.45, 7) is 2.02. The summed E-state index contributed by atoms with van der Waals surface area (Å²) in [5.41, 5.74) is 0. The average molecular weight is 525 g/mol. The van der Waals surface area contributed by atoms with Crippen molar-refractivity contribution in [1.29, 1.82) is 0 Å². The van der Waals surface area contributed by atoms with Gasteiger partial charge in [-0.05, 0) is 30.1 Å². The molecule has 1 rings (SSSR count). The molecule has 12 nitrogen and oxygen atoms in total. The molecule has 0 amide bonds. The summed E-state index contributed by atoms with van der Waals surface area (Å²) in [6, 6.07) is 0. The van der Waals surface area contributed by atoms with Gasteiger partial charge in [-0.1, -0.05) is 0 Å². The summed E-state index contributed by atoms with van der Waals surface area (Å²) >= 11 is 9.57. The van der Waals surface area contributed by atoms with Gasteiger partial charge >= 0.3 is 11.9 Å². The van der Waals surface area contributed by atoms with Gasteiger partial charge in [0.15, 0.2) is 0 Å². The summed E-state index contributed by atoms with van der Waals surface area (Å²) in [6.07, 6.45) is 4.12. The van der Waals surface area contributed by atoms with E-state index in [9.17, 15) is 19.2 Å². The van der Waals surface area contributed by atoms with Crippen LogP contribution < -0.4 is 0 Å². The van der Waals surface area contributed by atoms with Crippen LogP contribution >= 0.6 is 32.3 Å². The number of ether oxygens (including phenoxy) is 3. The number of carbonyl (C=O) groups excluding carboxylic acids is 4. The van der Waals surface area contributed by atoms with Crippen molar-refractivity contribution in [1.82, 2.24) is 0 Å². The Labute approximate surface area is 197 Å². The molecule has 1 unspecified atom stereocenters. The van der Waals surface area contributed by atoms with E-state index >= 15 is 0 Å². The van der Waals surface area contributed by atoms with E-state index in [0.29, 0.717) is 6.10 Å². The van der Waals surface area contributed by atoms with Gasteiger partial charge in [0.25, 0.3) is 0 Å². The van der Waals surface area contributed by atoms with Crippen LogP contribution in [0.2, 0.25) is 0 Å². The lowest BCUT2D eigenvalue weighted by Gasteiger charge is -1.98. The van der Waals surface area contributed by atoms with E-state index in [1.807, 2.05) is 0 Å². The highest BCUT2D eigenvalue weighted by Crippen LogP contribution is 2.04. The number of aliphatic hydroxyl groups excluding tert-OH is 4. The van der Waals surface area contributed by atoms with Crippen molar-refractivity contribution in [2.75, 3.05) is 46.2 Å². The number of esters is 2. The predicted molar refractivity (Wildman–Crippen MR) is 115 cm³/mol. The van der Waals surface area contributed by atoms with Gasteiger partial charge < -0.3 is 34.6 Å². The van der Waals surface area contributed by atoms with Crippen LogP contribution in [0.5, 0.6) is 0 Å². The van der Waals surface area contributed by atoms with E-state index < -0.39 is 22.4 Å². The van der Waals surface area contributed by atoms with Gasteiger partial charge in [0.05, 0.1) is 39.1 Å². The first-order valence-electron chi connectivity index (χ1n) is 8.48. The first-order chi connectivity index (χ1) is 15.1. The minimum atomic E-state index is -0.736. The summed E-state index contributed by atoms with van der Waals surface area (Å²) < 4.78 is 21.6. The highest BCUT2D eigenvalue weighted by Gasteiger charge is 2.13. The van der Waals surface area contributed by atoms with Crippen LogP contribution in [0.25, 0.3) is 0 Å². The zero-order valence-corrected chi connectivity index (χ0v) is 19.7. The van der Waals surface area contributed by atoms with Crippen LogP contribution in [0.4, 0.5) is 0 Å². The lowest BCUT2D eigenvalue weighted by molar-refractivity contribution is -0.141. The molecule has 1 atom stereocenters. The molecule has 0 spiro atoms. The van der Waals surface area contributed by atoms with Crippen molar-refractivity contribution in [2.45, 2.75) is 13.0 Å². The monoisotopic (exact) mass is 524 g/mol. The van der Waals surface area contributed by atoms with Crippen LogP contribution in [0, 0.1) is 0 Å². The van der Waals surface area contributed by atoms with Gasteiger partial charge in [0.1, 0.15) is 22.3 Å². The molecular formula is C17H27Cl2O12P. The number of allylic oxidation sites excluding steroid dienone is 2. The van der Waals surface area contributed by atoms with E-state index in [1.165, 1.54) is 0 Å². The number of halogens is 2. The van der Waals surface area contributed by atoms with Gasteiger partial charge in [-0.15, -0.1) is 0 Å².